The maximum Gasteiger partial charge on any atom is 0.283 e. The van der Waals surface area contributed by atoms with E-state index in [4.69, 9.17) is 0 Å². The summed E-state index contributed by atoms with van der Waals surface area (Å²) in [7, 11) is -4.10. The van der Waals surface area contributed by atoms with Gasteiger partial charge in [0, 0.05) is 17.8 Å². The fourth-order valence-corrected chi connectivity index (χ4v) is 4.11. The SMILES string of the molecule is O=C(NS(=O)(=O)c1ccccc1)c1cc2nc(CCc3cccc(F)c3F)cc(=O)n2[nH]1. The van der Waals surface area contributed by atoms with Crippen LogP contribution in [0.2, 0.25) is 0 Å². The Hall–Kier alpha value is -3.86. The number of carbonyl (C=O) groups excluding carboxylic acids is 1. The molecule has 1 amide bonds. The van der Waals surface area contributed by atoms with Crippen molar-refractivity contribution in [3.63, 3.8) is 0 Å². The van der Waals surface area contributed by atoms with Crippen LogP contribution in [-0.4, -0.2) is 28.9 Å². The van der Waals surface area contributed by atoms with Gasteiger partial charge in [-0.05, 0) is 36.6 Å². The van der Waals surface area contributed by atoms with Crippen molar-refractivity contribution in [3.05, 3.63) is 99.6 Å². The van der Waals surface area contributed by atoms with E-state index in [0.717, 1.165) is 10.6 Å². The Labute approximate surface area is 180 Å². The van der Waals surface area contributed by atoms with E-state index in [0.29, 0.717) is 5.69 Å². The van der Waals surface area contributed by atoms with Crippen LogP contribution >= 0.6 is 0 Å². The highest BCUT2D eigenvalue weighted by molar-refractivity contribution is 7.90. The number of benzene rings is 2. The van der Waals surface area contributed by atoms with Gasteiger partial charge >= 0.3 is 0 Å². The fourth-order valence-electron chi connectivity index (χ4n) is 3.12. The summed E-state index contributed by atoms with van der Waals surface area (Å²) < 4.78 is 54.8. The molecular weight excluding hydrogens is 442 g/mol. The van der Waals surface area contributed by atoms with E-state index in [2.05, 4.69) is 10.1 Å². The molecular formula is C21H16F2N4O4S. The Morgan fingerprint density at radius 2 is 1.78 bits per heavy atom. The van der Waals surface area contributed by atoms with Gasteiger partial charge in [0.2, 0.25) is 0 Å². The minimum absolute atomic E-state index is 0.0782. The predicted octanol–water partition coefficient (Wildman–Crippen LogP) is 2.20. The second-order valence-electron chi connectivity index (χ2n) is 6.91. The number of H-pyrrole nitrogens is 1. The highest BCUT2D eigenvalue weighted by Crippen LogP contribution is 2.14. The zero-order valence-electron chi connectivity index (χ0n) is 16.4. The van der Waals surface area contributed by atoms with Crippen molar-refractivity contribution in [1.82, 2.24) is 19.3 Å². The monoisotopic (exact) mass is 458 g/mol. The van der Waals surface area contributed by atoms with Gasteiger partial charge in [0.05, 0.1) is 4.90 Å². The smallest absolute Gasteiger partial charge is 0.283 e. The van der Waals surface area contributed by atoms with Gasteiger partial charge in [0.15, 0.2) is 17.3 Å². The lowest BCUT2D eigenvalue weighted by atomic mass is 10.1. The molecule has 0 unspecified atom stereocenters. The third kappa shape index (κ3) is 4.28. The second-order valence-corrected chi connectivity index (χ2v) is 8.59. The number of nitrogens with zero attached hydrogens (tertiary/aromatic N) is 2. The Kier molecular flexibility index (Phi) is 5.57. The number of halogens is 2. The summed E-state index contributed by atoms with van der Waals surface area (Å²) in [5, 5.41) is 2.51. The molecule has 0 bridgehead atoms. The molecule has 4 aromatic rings. The van der Waals surface area contributed by atoms with E-state index < -0.39 is 33.1 Å². The standard InChI is InChI=1S/C21H16F2N4O4S/c22-16-8-4-5-13(20(16)23)9-10-14-11-19(28)27-18(24-14)12-17(25-27)21(29)26-32(30,31)15-6-2-1-3-7-15/h1-8,11-12,25H,9-10H2,(H,26,29). The molecule has 2 aromatic heterocycles. The number of rotatable bonds is 6. The number of carbonyl (C=O) groups is 1. The van der Waals surface area contributed by atoms with Gasteiger partial charge in [-0.25, -0.2) is 31.4 Å². The molecule has 0 aliphatic heterocycles. The largest absolute Gasteiger partial charge is 0.284 e. The molecule has 0 fully saturated rings. The molecule has 0 radical (unpaired) electrons. The average molecular weight is 458 g/mol. The predicted molar refractivity (Wildman–Crippen MR) is 111 cm³/mol. The highest BCUT2D eigenvalue weighted by atomic mass is 32.2. The van der Waals surface area contributed by atoms with Gasteiger partial charge in [-0.1, -0.05) is 30.3 Å². The van der Waals surface area contributed by atoms with Crippen LogP contribution in [0.3, 0.4) is 0 Å². The first kappa shape index (κ1) is 21.4. The van der Waals surface area contributed by atoms with E-state index in [-0.39, 0.29) is 34.6 Å². The summed E-state index contributed by atoms with van der Waals surface area (Å²) in [6, 6.07) is 13.6. The van der Waals surface area contributed by atoms with Gasteiger partial charge in [-0.15, -0.1) is 0 Å². The number of fused-ring (bicyclic) bond motifs is 1. The molecule has 0 aliphatic rings. The maximum atomic E-state index is 13.8. The number of hydrogen-bond donors (Lipinski definition) is 2. The molecule has 0 saturated heterocycles. The number of amides is 1. The summed E-state index contributed by atoms with van der Waals surface area (Å²) in [6.07, 6.45) is 0.264. The molecule has 2 N–H and O–H groups in total. The number of nitrogens with one attached hydrogen (secondary N) is 2. The number of aromatic amines is 1. The van der Waals surface area contributed by atoms with Crippen molar-refractivity contribution in [2.24, 2.45) is 0 Å². The molecule has 0 spiro atoms. The van der Waals surface area contributed by atoms with Crippen LogP contribution in [0, 0.1) is 11.6 Å². The van der Waals surface area contributed by atoms with E-state index in [9.17, 15) is 26.8 Å². The first-order chi connectivity index (χ1) is 15.2. The normalized spacial score (nSPS) is 11.6. The quantitative estimate of drug-likeness (QED) is 0.460. The molecule has 8 nitrogen and oxygen atoms in total. The average Bonchev–Trinajstić information content (AvgIpc) is 3.20. The first-order valence-corrected chi connectivity index (χ1v) is 10.9. The van der Waals surface area contributed by atoms with Crippen LogP contribution in [0.1, 0.15) is 21.7 Å². The van der Waals surface area contributed by atoms with E-state index in [1.54, 1.807) is 6.07 Å². The summed E-state index contributed by atoms with van der Waals surface area (Å²) in [4.78, 5) is 29.0. The lowest BCUT2D eigenvalue weighted by molar-refractivity contribution is 0.0976. The van der Waals surface area contributed by atoms with Crippen molar-refractivity contribution >= 4 is 21.6 Å². The number of hydrogen-bond acceptors (Lipinski definition) is 5. The van der Waals surface area contributed by atoms with Gasteiger partial charge in [0.1, 0.15) is 5.69 Å². The van der Waals surface area contributed by atoms with E-state index >= 15 is 0 Å². The maximum absolute atomic E-state index is 13.8. The van der Waals surface area contributed by atoms with Crippen LogP contribution in [-0.2, 0) is 22.9 Å². The van der Waals surface area contributed by atoms with Crippen molar-refractivity contribution < 1.29 is 22.0 Å². The number of aromatic nitrogens is 3. The summed E-state index contributed by atoms with van der Waals surface area (Å²) >= 11 is 0. The number of aryl methyl sites for hydroxylation is 2. The van der Waals surface area contributed by atoms with Gasteiger partial charge < -0.3 is 0 Å². The Bertz CT molecular complexity index is 1480. The third-order valence-electron chi connectivity index (χ3n) is 4.71. The molecule has 0 atom stereocenters. The van der Waals surface area contributed by atoms with Crippen LogP contribution < -0.4 is 10.3 Å². The van der Waals surface area contributed by atoms with Crippen LogP contribution in [0.25, 0.3) is 5.65 Å². The van der Waals surface area contributed by atoms with E-state index in [1.807, 2.05) is 4.72 Å². The van der Waals surface area contributed by atoms with Crippen molar-refractivity contribution in [1.29, 1.82) is 0 Å². The Balaban J connectivity index is 1.56. The first-order valence-electron chi connectivity index (χ1n) is 9.41. The van der Waals surface area contributed by atoms with Crippen LogP contribution in [0.5, 0.6) is 0 Å². The van der Waals surface area contributed by atoms with Crippen molar-refractivity contribution in [2.45, 2.75) is 17.7 Å². The lowest BCUT2D eigenvalue weighted by Crippen LogP contribution is -2.31. The molecule has 4 rings (SSSR count). The minimum atomic E-state index is -4.10. The minimum Gasteiger partial charge on any atom is -0.284 e. The highest BCUT2D eigenvalue weighted by Gasteiger charge is 2.20. The van der Waals surface area contributed by atoms with E-state index in [1.165, 1.54) is 48.5 Å². The molecule has 11 heteroatoms. The zero-order valence-corrected chi connectivity index (χ0v) is 17.2. The van der Waals surface area contributed by atoms with Gasteiger partial charge in [-0.3, -0.25) is 14.7 Å². The Morgan fingerprint density at radius 1 is 1.03 bits per heavy atom. The molecule has 2 heterocycles. The summed E-state index contributed by atoms with van der Waals surface area (Å²) in [5.41, 5.74) is -0.208. The van der Waals surface area contributed by atoms with Crippen molar-refractivity contribution in [3.8, 4) is 0 Å². The fraction of sp³-hybridized carbons (Fsp3) is 0.0952. The Morgan fingerprint density at radius 3 is 2.53 bits per heavy atom. The lowest BCUT2D eigenvalue weighted by Gasteiger charge is -2.05. The number of sulfonamides is 1. The molecule has 0 saturated carbocycles. The van der Waals surface area contributed by atoms with Crippen LogP contribution in [0.4, 0.5) is 8.78 Å². The van der Waals surface area contributed by atoms with Gasteiger partial charge in [-0.2, -0.15) is 0 Å². The summed E-state index contributed by atoms with van der Waals surface area (Å²) in [6.45, 7) is 0. The second kappa shape index (κ2) is 8.35. The topological polar surface area (TPSA) is 113 Å². The van der Waals surface area contributed by atoms with Crippen molar-refractivity contribution in [2.75, 3.05) is 0 Å². The zero-order chi connectivity index (χ0) is 22.9. The summed E-state index contributed by atoms with van der Waals surface area (Å²) in [5.74, 6) is -2.88. The molecule has 2 aromatic carbocycles. The third-order valence-corrected chi connectivity index (χ3v) is 6.06. The molecule has 164 valence electrons. The van der Waals surface area contributed by atoms with Crippen LogP contribution in [0.15, 0.2) is 70.4 Å². The molecule has 0 aliphatic carbocycles. The molecule has 32 heavy (non-hydrogen) atoms. The van der Waals surface area contributed by atoms with Gasteiger partial charge in [0.25, 0.3) is 21.5 Å².